The average Bonchev–Trinajstić information content (AvgIpc) is 2.15. The molecule has 0 heterocycles. The Morgan fingerprint density at radius 1 is 1.00 bits per heavy atom. The summed E-state index contributed by atoms with van der Waals surface area (Å²) in [5.41, 5.74) is 0. The van der Waals surface area contributed by atoms with Gasteiger partial charge in [0, 0.05) is 20.1 Å². The van der Waals surface area contributed by atoms with E-state index >= 15 is 0 Å². The zero-order valence-corrected chi connectivity index (χ0v) is 9.88. The molecular weight excluding hydrogens is 192 g/mol. The molecule has 0 radical (unpaired) electrons. The van der Waals surface area contributed by atoms with Crippen LogP contribution in [0.1, 0.15) is 51.9 Å². The summed E-state index contributed by atoms with van der Waals surface area (Å²) < 4.78 is 4.94. The molecule has 0 aliphatic rings. The number of methoxy groups -OCH3 is 1. The van der Waals surface area contributed by atoms with Gasteiger partial charge in [-0.05, 0) is 19.8 Å². The lowest BCUT2D eigenvalue weighted by molar-refractivity contribution is -0.125. The van der Waals surface area contributed by atoms with E-state index in [1.807, 2.05) is 0 Å². The predicted molar refractivity (Wildman–Crippen MR) is 59.9 cm³/mol. The SMILES string of the molecule is COCCCCCCCC(=O)CC(C)=O. The fourth-order valence-electron chi connectivity index (χ4n) is 1.46. The Morgan fingerprint density at radius 3 is 2.20 bits per heavy atom. The van der Waals surface area contributed by atoms with Gasteiger partial charge in [-0.3, -0.25) is 9.59 Å². The molecule has 0 aromatic carbocycles. The minimum absolute atomic E-state index is 0.0277. The van der Waals surface area contributed by atoms with Crippen LogP contribution in [-0.4, -0.2) is 25.3 Å². The highest BCUT2D eigenvalue weighted by Crippen LogP contribution is 2.06. The first-order valence-corrected chi connectivity index (χ1v) is 5.67. The molecule has 0 unspecified atom stereocenters. The topological polar surface area (TPSA) is 43.4 Å². The molecule has 0 aromatic heterocycles. The maximum atomic E-state index is 11.1. The minimum atomic E-state index is -0.0277. The van der Waals surface area contributed by atoms with E-state index in [1.54, 1.807) is 7.11 Å². The number of unbranched alkanes of at least 4 members (excludes halogenated alkanes) is 4. The van der Waals surface area contributed by atoms with Crippen LogP contribution in [0.25, 0.3) is 0 Å². The van der Waals surface area contributed by atoms with Gasteiger partial charge in [-0.2, -0.15) is 0 Å². The molecule has 0 atom stereocenters. The second-order valence-electron chi connectivity index (χ2n) is 3.93. The molecule has 0 amide bonds. The number of ketones is 2. The Labute approximate surface area is 92.2 Å². The molecular formula is C12H22O3. The molecule has 0 N–H and O–H groups in total. The average molecular weight is 214 g/mol. The Hall–Kier alpha value is -0.700. The number of rotatable bonds is 10. The van der Waals surface area contributed by atoms with Crippen LogP contribution < -0.4 is 0 Å². The molecule has 3 nitrogen and oxygen atoms in total. The predicted octanol–water partition coefficient (Wildman–Crippen LogP) is 2.52. The van der Waals surface area contributed by atoms with E-state index in [4.69, 9.17) is 4.74 Å². The van der Waals surface area contributed by atoms with Crippen LogP contribution in [0.3, 0.4) is 0 Å². The number of hydrogen-bond acceptors (Lipinski definition) is 3. The van der Waals surface area contributed by atoms with Crippen molar-refractivity contribution in [2.24, 2.45) is 0 Å². The molecule has 0 aliphatic carbocycles. The smallest absolute Gasteiger partial charge is 0.140 e. The van der Waals surface area contributed by atoms with E-state index < -0.39 is 0 Å². The highest BCUT2D eigenvalue weighted by Gasteiger charge is 2.04. The molecule has 0 spiro atoms. The third-order valence-corrected chi connectivity index (χ3v) is 2.25. The first-order chi connectivity index (χ1) is 7.16. The second-order valence-corrected chi connectivity index (χ2v) is 3.93. The molecule has 88 valence electrons. The summed E-state index contributed by atoms with van der Waals surface area (Å²) >= 11 is 0. The quantitative estimate of drug-likeness (QED) is 0.414. The van der Waals surface area contributed by atoms with Gasteiger partial charge in [-0.25, -0.2) is 0 Å². The lowest BCUT2D eigenvalue weighted by Crippen LogP contribution is -2.03. The number of ether oxygens (including phenoxy) is 1. The number of carbonyl (C=O) groups is 2. The van der Waals surface area contributed by atoms with Gasteiger partial charge in [-0.15, -0.1) is 0 Å². The number of Topliss-reactive ketones (excluding diaryl/α,β-unsaturated/α-hetero) is 2. The lowest BCUT2D eigenvalue weighted by Gasteiger charge is -2.00. The van der Waals surface area contributed by atoms with Crippen molar-refractivity contribution >= 4 is 11.6 Å². The van der Waals surface area contributed by atoms with Crippen LogP contribution in [0.4, 0.5) is 0 Å². The normalized spacial score (nSPS) is 10.3. The minimum Gasteiger partial charge on any atom is -0.385 e. The summed E-state index contributed by atoms with van der Waals surface area (Å²) in [7, 11) is 1.71. The Bertz CT molecular complexity index is 187. The summed E-state index contributed by atoms with van der Waals surface area (Å²) in [5.74, 6) is 0.0551. The van der Waals surface area contributed by atoms with E-state index in [-0.39, 0.29) is 18.0 Å². The van der Waals surface area contributed by atoms with E-state index in [1.165, 1.54) is 6.92 Å². The molecule has 0 saturated heterocycles. The zero-order valence-electron chi connectivity index (χ0n) is 9.88. The highest BCUT2D eigenvalue weighted by atomic mass is 16.5. The van der Waals surface area contributed by atoms with Gasteiger partial charge in [0.1, 0.15) is 11.6 Å². The summed E-state index contributed by atoms with van der Waals surface area (Å²) in [6, 6.07) is 0. The van der Waals surface area contributed by atoms with Crippen molar-refractivity contribution in [3.05, 3.63) is 0 Å². The number of hydrogen-bond donors (Lipinski definition) is 0. The van der Waals surface area contributed by atoms with Gasteiger partial charge in [0.05, 0.1) is 6.42 Å². The van der Waals surface area contributed by atoms with Crippen molar-refractivity contribution in [3.8, 4) is 0 Å². The molecule has 0 rings (SSSR count). The van der Waals surface area contributed by atoms with Crippen LogP contribution in [0.5, 0.6) is 0 Å². The molecule has 0 aromatic rings. The molecule has 0 aliphatic heterocycles. The van der Waals surface area contributed by atoms with Crippen molar-refractivity contribution < 1.29 is 14.3 Å². The standard InChI is InChI=1S/C12H22O3/c1-11(13)10-12(14)8-6-4-3-5-7-9-15-2/h3-10H2,1-2H3. The third-order valence-electron chi connectivity index (χ3n) is 2.25. The van der Waals surface area contributed by atoms with Gasteiger partial charge in [0.25, 0.3) is 0 Å². The third kappa shape index (κ3) is 11.2. The molecule has 15 heavy (non-hydrogen) atoms. The first-order valence-electron chi connectivity index (χ1n) is 5.67. The molecule has 3 heteroatoms. The first kappa shape index (κ1) is 14.3. The number of carbonyl (C=O) groups excluding carboxylic acids is 2. The molecule has 0 saturated carbocycles. The van der Waals surface area contributed by atoms with Crippen molar-refractivity contribution in [1.29, 1.82) is 0 Å². The monoisotopic (exact) mass is 214 g/mol. The van der Waals surface area contributed by atoms with Gasteiger partial charge >= 0.3 is 0 Å². The van der Waals surface area contributed by atoms with Crippen LogP contribution >= 0.6 is 0 Å². The van der Waals surface area contributed by atoms with Crippen LogP contribution in [-0.2, 0) is 14.3 Å². The largest absolute Gasteiger partial charge is 0.385 e. The Morgan fingerprint density at radius 2 is 1.60 bits per heavy atom. The van der Waals surface area contributed by atoms with Gasteiger partial charge in [0.2, 0.25) is 0 Å². The molecule has 0 bridgehead atoms. The fraction of sp³-hybridized carbons (Fsp3) is 0.833. The second kappa shape index (κ2) is 9.84. The summed E-state index contributed by atoms with van der Waals surface area (Å²) in [5, 5.41) is 0. The lowest BCUT2D eigenvalue weighted by atomic mass is 10.1. The summed E-state index contributed by atoms with van der Waals surface area (Å²) in [6.07, 6.45) is 6.07. The van der Waals surface area contributed by atoms with E-state index in [9.17, 15) is 9.59 Å². The molecule has 0 fully saturated rings. The zero-order chi connectivity index (χ0) is 11.5. The van der Waals surface area contributed by atoms with Crippen LogP contribution in [0.15, 0.2) is 0 Å². The van der Waals surface area contributed by atoms with Crippen molar-refractivity contribution in [3.63, 3.8) is 0 Å². The van der Waals surface area contributed by atoms with Crippen LogP contribution in [0.2, 0.25) is 0 Å². The summed E-state index contributed by atoms with van der Waals surface area (Å²) in [6.45, 7) is 2.28. The van der Waals surface area contributed by atoms with E-state index in [0.717, 1.165) is 38.7 Å². The highest BCUT2D eigenvalue weighted by molar-refractivity contribution is 5.97. The van der Waals surface area contributed by atoms with Crippen LogP contribution in [0, 0.1) is 0 Å². The summed E-state index contributed by atoms with van der Waals surface area (Å²) in [4.78, 5) is 21.8. The fourth-order valence-corrected chi connectivity index (χ4v) is 1.46. The van der Waals surface area contributed by atoms with Gasteiger partial charge < -0.3 is 4.74 Å². The Balaban J connectivity index is 3.16. The maximum absolute atomic E-state index is 11.1. The Kier molecular flexibility index (Phi) is 9.38. The van der Waals surface area contributed by atoms with Crippen molar-refractivity contribution in [1.82, 2.24) is 0 Å². The van der Waals surface area contributed by atoms with Gasteiger partial charge in [0.15, 0.2) is 0 Å². The van der Waals surface area contributed by atoms with E-state index in [2.05, 4.69) is 0 Å². The maximum Gasteiger partial charge on any atom is 0.140 e. The van der Waals surface area contributed by atoms with Crippen molar-refractivity contribution in [2.45, 2.75) is 51.9 Å². The van der Waals surface area contributed by atoms with E-state index in [0.29, 0.717) is 6.42 Å². The van der Waals surface area contributed by atoms with Crippen molar-refractivity contribution in [2.75, 3.05) is 13.7 Å². The van der Waals surface area contributed by atoms with Gasteiger partial charge in [-0.1, -0.05) is 19.3 Å².